The monoisotopic (exact) mass is 234 g/mol. The summed E-state index contributed by atoms with van der Waals surface area (Å²) in [7, 11) is 0. The molecule has 2 N–H and O–H groups in total. The third-order valence-electron chi connectivity index (χ3n) is 2.59. The SMILES string of the molecule is CCCC(C)NC(=O)CNCc1ccccc1. The van der Waals surface area contributed by atoms with Crippen LogP contribution in [-0.4, -0.2) is 18.5 Å². The van der Waals surface area contributed by atoms with Crippen LogP contribution in [0.4, 0.5) is 0 Å². The molecule has 0 saturated heterocycles. The summed E-state index contributed by atoms with van der Waals surface area (Å²) in [6, 6.07) is 10.4. The molecule has 17 heavy (non-hydrogen) atoms. The van der Waals surface area contributed by atoms with Gasteiger partial charge in [0.15, 0.2) is 0 Å². The summed E-state index contributed by atoms with van der Waals surface area (Å²) in [5.41, 5.74) is 1.20. The number of nitrogens with one attached hydrogen (secondary N) is 2. The second-order valence-electron chi connectivity index (χ2n) is 4.35. The molecule has 0 heterocycles. The average molecular weight is 234 g/mol. The lowest BCUT2D eigenvalue weighted by Crippen LogP contribution is -2.38. The first-order valence-electron chi connectivity index (χ1n) is 6.26. The number of carbonyl (C=O) groups excluding carboxylic acids is 1. The van der Waals surface area contributed by atoms with Crippen LogP contribution in [0.15, 0.2) is 30.3 Å². The molecule has 1 atom stereocenters. The third kappa shape index (κ3) is 6.07. The molecule has 3 nitrogen and oxygen atoms in total. The van der Waals surface area contributed by atoms with Crippen molar-refractivity contribution in [2.24, 2.45) is 0 Å². The predicted molar refractivity (Wildman–Crippen MR) is 70.7 cm³/mol. The van der Waals surface area contributed by atoms with Crippen molar-refractivity contribution >= 4 is 5.91 Å². The van der Waals surface area contributed by atoms with E-state index in [0.717, 1.165) is 19.4 Å². The lowest BCUT2D eigenvalue weighted by molar-refractivity contribution is -0.120. The fourth-order valence-corrected chi connectivity index (χ4v) is 1.75. The van der Waals surface area contributed by atoms with Crippen LogP contribution >= 0.6 is 0 Å². The minimum atomic E-state index is 0.0712. The summed E-state index contributed by atoms with van der Waals surface area (Å²) >= 11 is 0. The molecule has 1 aromatic carbocycles. The van der Waals surface area contributed by atoms with Crippen LogP contribution in [0.25, 0.3) is 0 Å². The van der Waals surface area contributed by atoms with Gasteiger partial charge >= 0.3 is 0 Å². The predicted octanol–water partition coefficient (Wildman–Crippen LogP) is 2.08. The fraction of sp³-hybridized carbons (Fsp3) is 0.500. The van der Waals surface area contributed by atoms with Crippen molar-refractivity contribution in [3.8, 4) is 0 Å². The summed E-state index contributed by atoms with van der Waals surface area (Å²) in [6.45, 7) is 5.27. The van der Waals surface area contributed by atoms with E-state index < -0.39 is 0 Å². The molecule has 0 aliphatic heterocycles. The van der Waals surface area contributed by atoms with Crippen LogP contribution in [0.1, 0.15) is 32.3 Å². The maximum absolute atomic E-state index is 11.5. The van der Waals surface area contributed by atoms with Crippen LogP contribution < -0.4 is 10.6 Å². The van der Waals surface area contributed by atoms with Crippen molar-refractivity contribution in [3.63, 3.8) is 0 Å². The molecule has 0 spiro atoms. The topological polar surface area (TPSA) is 41.1 Å². The van der Waals surface area contributed by atoms with Crippen molar-refractivity contribution in [2.45, 2.75) is 39.3 Å². The average Bonchev–Trinajstić information content (AvgIpc) is 2.30. The fourth-order valence-electron chi connectivity index (χ4n) is 1.75. The Kier molecular flexibility index (Phi) is 6.33. The maximum atomic E-state index is 11.5. The van der Waals surface area contributed by atoms with Crippen molar-refractivity contribution < 1.29 is 4.79 Å². The van der Waals surface area contributed by atoms with E-state index >= 15 is 0 Å². The molecule has 94 valence electrons. The Morgan fingerprint density at radius 3 is 2.65 bits per heavy atom. The smallest absolute Gasteiger partial charge is 0.234 e. The minimum absolute atomic E-state index is 0.0712. The zero-order valence-electron chi connectivity index (χ0n) is 10.7. The third-order valence-corrected chi connectivity index (χ3v) is 2.59. The van der Waals surface area contributed by atoms with Gasteiger partial charge in [-0.1, -0.05) is 43.7 Å². The molecule has 0 fully saturated rings. The van der Waals surface area contributed by atoms with Gasteiger partial charge in [-0.15, -0.1) is 0 Å². The lowest BCUT2D eigenvalue weighted by Gasteiger charge is -2.13. The summed E-state index contributed by atoms with van der Waals surface area (Å²) in [5, 5.41) is 6.10. The number of carbonyl (C=O) groups is 1. The second kappa shape index (κ2) is 7.85. The van der Waals surface area contributed by atoms with Gasteiger partial charge in [0.05, 0.1) is 6.54 Å². The molecular weight excluding hydrogens is 212 g/mol. The zero-order chi connectivity index (χ0) is 12.5. The van der Waals surface area contributed by atoms with Gasteiger partial charge in [0.2, 0.25) is 5.91 Å². The van der Waals surface area contributed by atoms with E-state index in [-0.39, 0.29) is 11.9 Å². The van der Waals surface area contributed by atoms with E-state index in [1.54, 1.807) is 0 Å². The maximum Gasteiger partial charge on any atom is 0.234 e. The Balaban J connectivity index is 2.16. The lowest BCUT2D eigenvalue weighted by atomic mass is 10.2. The number of amides is 1. The van der Waals surface area contributed by atoms with Crippen LogP contribution in [0, 0.1) is 0 Å². The molecule has 0 saturated carbocycles. The number of hydrogen-bond donors (Lipinski definition) is 2. The molecule has 0 aliphatic carbocycles. The van der Waals surface area contributed by atoms with Crippen LogP contribution in [0.3, 0.4) is 0 Å². The first-order chi connectivity index (χ1) is 8.22. The van der Waals surface area contributed by atoms with Gasteiger partial charge in [0.1, 0.15) is 0 Å². The van der Waals surface area contributed by atoms with Crippen LogP contribution in [0.2, 0.25) is 0 Å². The highest BCUT2D eigenvalue weighted by atomic mass is 16.1. The van der Waals surface area contributed by atoms with Gasteiger partial charge in [-0.2, -0.15) is 0 Å². The summed E-state index contributed by atoms with van der Waals surface area (Å²) in [5.74, 6) is 0.0712. The van der Waals surface area contributed by atoms with Crippen molar-refractivity contribution in [3.05, 3.63) is 35.9 Å². The Bertz CT molecular complexity index is 324. The van der Waals surface area contributed by atoms with Gasteiger partial charge < -0.3 is 10.6 Å². The molecule has 1 unspecified atom stereocenters. The highest BCUT2D eigenvalue weighted by Gasteiger charge is 2.05. The van der Waals surface area contributed by atoms with Gasteiger partial charge in [-0.05, 0) is 18.9 Å². The Morgan fingerprint density at radius 1 is 1.29 bits per heavy atom. The van der Waals surface area contributed by atoms with Gasteiger partial charge in [0, 0.05) is 12.6 Å². The standard InChI is InChI=1S/C14H22N2O/c1-3-7-12(2)16-14(17)11-15-10-13-8-5-4-6-9-13/h4-6,8-9,12,15H,3,7,10-11H2,1-2H3,(H,16,17). The molecule has 3 heteroatoms. The second-order valence-corrected chi connectivity index (χ2v) is 4.35. The molecule has 0 bridgehead atoms. The number of benzene rings is 1. The Labute approximate surface area is 104 Å². The van der Waals surface area contributed by atoms with Crippen LogP contribution in [-0.2, 0) is 11.3 Å². The van der Waals surface area contributed by atoms with Crippen molar-refractivity contribution in [2.75, 3.05) is 6.54 Å². The van der Waals surface area contributed by atoms with E-state index in [9.17, 15) is 4.79 Å². The quantitative estimate of drug-likeness (QED) is 0.758. The first kappa shape index (κ1) is 13.7. The summed E-state index contributed by atoms with van der Waals surface area (Å²) in [6.07, 6.45) is 2.13. The molecule has 0 aromatic heterocycles. The van der Waals surface area contributed by atoms with E-state index in [4.69, 9.17) is 0 Å². The Hall–Kier alpha value is -1.35. The number of rotatable bonds is 7. The zero-order valence-corrected chi connectivity index (χ0v) is 10.7. The van der Waals surface area contributed by atoms with E-state index in [0.29, 0.717) is 6.54 Å². The van der Waals surface area contributed by atoms with Gasteiger partial charge in [-0.3, -0.25) is 4.79 Å². The Morgan fingerprint density at radius 2 is 2.00 bits per heavy atom. The van der Waals surface area contributed by atoms with Crippen LogP contribution in [0.5, 0.6) is 0 Å². The summed E-state index contributed by atoms with van der Waals surface area (Å²) < 4.78 is 0. The highest BCUT2D eigenvalue weighted by Crippen LogP contribution is 1.97. The minimum Gasteiger partial charge on any atom is -0.353 e. The van der Waals surface area contributed by atoms with Gasteiger partial charge in [-0.25, -0.2) is 0 Å². The first-order valence-corrected chi connectivity index (χ1v) is 6.26. The molecule has 1 amide bonds. The molecule has 1 aromatic rings. The van der Waals surface area contributed by atoms with E-state index in [1.807, 2.05) is 37.3 Å². The van der Waals surface area contributed by atoms with E-state index in [1.165, 1.54) is 5.56 Å². The molecule has 1 rings (SSSR count). The summed E-state index contributed by atoms with van der Waals surface area (Å²) in [4.78, 5) is 11.5. The van der Waals surface area contributed by atoms with Crippen molar-refractivity contribution in [1.82, 2.24) is 10.6 Å². The number of hydrogen-bond acceptors (Lipinski definition) is 2. The highest BCUT2D eigenvalue weighted by molar-refractivity contribution is 5.78. The molecule has 0 radical (unpaired) electrons. The van der Waals surface area contributed by atoms with Crippen molar-refractivity contribution in [1.29, 1.82) is 0 Å². The largest absolute Gasteiger partial charge is 0.353 e. The molecule has 0 aliphatic rings. The molecular formula is C14H22N2O. The van der Waals surface area contributed by atoms with E-state index in [2.05, 4.69) is 17.6 Å². The van der Waals surface area contributed by atoms with Gasteiger partial charge in [0.25, 0.3) is 0 Å². The normalized spacial score (nSPS) is 12.1.